The Hall–Kier alpha value is -1.77. The van der Waals surface area contributed by atoms with E-state index in [1.54, 1.807) is 0 Å². The molecule has 0 aromatic carbocycles. The van der Waals surface area contributed by atoms with Crippen molar-refractivity contribution in [1.82, 2.24) is 5.32 Å². The van der Waals surface area contributed by atoms with Crippen LogP contribution in [-0.2, 0) is 27.9 Å². The standard InChI is InChI=1S/C65H125N2O7P/c1-7-10-13-16-19-22-25-28-29-30-31-32-33-34-35-36-37-40-42-45-48-51-54-57-64(68)66-62(61-73-75(70,71)72-60-59-67(4,5)6)63(56-53-50-47-44-41-38-26-23-20-17-14-11-8-2)74-65(69)58-55-52-49-46-43-39-27-24-21-18-15-12-9-3/h19,22,28-29,53,56,62-63H,7-18,20-21,23-27,30-52,54-55,57-61H2,1-6H3,(H-,66,68,70,71)/b22-19-,29-28-,56-53-. The van der Waals surface area contributed by atoms with E-state index >= 15 is 0 Å². The van der Waals surface area contributed by atoms with Crippen LogP contribution in [0.15, 0.2) is 36.5 Å². The normalized spacial score (nSPS) is 13.9. The predicted octanol–water partition coefficient (Wildman–Crippen LogP) is 19.3. The summed E-state index contributed by atoms with van der Waals surface area (Å²) in [5.41, 5.74) is 0. The van der Waals surface area contributed by atoms with E-state index in [2.05, 4.69) is 50.4 Å². The van der Waals surface area contributed by atoms with Gasteiger partial charge in [-0.3, -0.25) is 14.2 Å². The van der Waals surface area contributed by atoms with Gasteiger partial charge in [0, 0.05) is 12.8 Å². The minimum Gasteiger partial charge on any atom is -0.756 e. The summed E-state index contributed by atoms with van der Waals surface area (Å²) in [4.78, 5) is 40.0. The van der Waals surface area contributed by atoms with Crippen LogP contribution in [0.5, 0.6) is 0 Å². The number of carbonyl (C=O) groups is 2. The molecule has 0 saturated carbocycles. The molecule has 9 nitrogen and oxygen atoms in total. The summed E-state index contributed by atoms with van der Waals surface area (Å²) in [5.74, 6) is -0.527. The lowest BCUT2D eigenvalue weighted by molar-refractivity contribution is -0.870. The third kappa shape index (κ3) is 56.8. The largest absolute Gasteiger partial charge is 0.756 e. The minimum absolute atomic E-state index is 0.0196. The quantitative estimate of drug-likeness (QED) is 0.0212. The Morgan fingerprint density at radius 2 is 0.813 bits per heavy atom. The Bertz CT molecular complexity index is 1380. The van der Waals surface area contributed by atoms with Crippen LogP contribution in [0.25, 0.3) is 0 Å². The van der Waals surface area contributed by atoms with E-state index in [-0.39, 0.29) is 31.5 Å². The maximum atomic E-state index is 13.5. The second-order valence-corrected chi connectivity index (χ2v) is 24.7. The number of hydrogen-bond donors (Lipinski definition) is 1. The molecule has 0 heterocycles. The first-order valence-corrected chi connectivity index (χ1v) is 33.8. The number of rotatable bonds is 59. The molecule has 3 unspecified atom stereocenters. The number of phosphoric ester groups is 1. The van der Waals surface area contributed by atoms with E-state index in [0.717, 1.165) is 64.2 Å². The van der Waals surface area contributed by atoms with Gasteiger partial charge in [0.25, 0.3) is 7.82 Å². The van der Waals surface area contributed by atoms with E-state index in [1.165, 1.54) is 218 Å². The van der Waals surface area contributed by atoms with Crippen LogP contribution in [0.2, 0.25) is 0 Å². The van der Waals surface area contributed by atoms with Gasteiger partial charge in [0.05, 0.1) is 33.8 Å². The lowest BCUT2D eigenvalue weighted by Gasteiger charge is -2.30. The highest BCUT2D eigenvalue weighted by Crippen LogP contribution is 2.38. The molecular formula is C65H125N2O7P. The van der Waals surface area contributed by atoms with Gasteiger partial charge >= 0.3 is 5.97 Å². The lowest BCUT2D eigenvalue weighted by atomic mass is 10.0. The van der Waals surface area contributed by atoms with Crippen LogP contribution in [0, 0.1) is 0 Å². The van der Waals surface area contributed by atoms with Gasteiger partial charge in [-0.1, -0.05) is 276 Å². The third-order valence-corrected chi connectivity index (χ3v) is 15.5. The maximum Gasteiger partial charge on any atom is 0.306 e. The van der Waals surface area contributed by atoms with Crippen molar-refractivity contribution in [2.24, 2.45) is 0 Å². The second-order valence-electron chi connectivity index (χ2n) is 23.3. The fourth-order valence-corrected chi connectivity index (χ4v) is 10.3. The molecule has 0 bridgehead atoms. The molecule has 0 rings (SSSR count). The number of allylic oxidation sites excluding steroid dienone is 5. The van der Waals surface area contributed by atoms with Gasteiger partial charge < -0.3 is 28.5 Å². The first kappa shape index (κ1) is 73.2. The van der Waals surface area contributed by atoms with E-state index in [1.807, 2.05) is 33.3 Å². The molecular weight excluding hydrogens is 952 g/mol. The third-order valence-electron chi connectivity index (χ3n) is 14.6. The van der Waals surface area contributed by atoms with Crippen molar-refractivity contribution >= 4 is 19.7 Å². The zero-order chi connectivity index (χ0) is 55.0. The predicted molar refractivity (Wildman–Crippen MR) is 321 cm³/mol. The summed E-state index contributed by atoms with van der Waals surface area (Å²) in [7, 11) is 1.20. The number of quaternary nitrogens is 1. The number of amides is 1. The van der Waals surface area contributed by atoms with Crippen molar-refractivity contribution in [3.63, 3.8) is 0 Å². The van der Waals surface area contributed by atoms with E-state index in [4.69, 9.17) is 13.8 Å². The number of hydrogen-bond acceptors (Lipinski definition) is 7. The first-order valence-electron chi connectivity index (χ1n) is 32.3. The number of unbranched alkanes of at least 4 members (excludes halogenated alkanes) is 39. The molecule has 442 valence electrons. The SMILES string of the molecule is CCCCC/C=C\C/C=C\CCCCCCCCCCCCCCCC(=O)NC(COP(=O)([O-])OCC[N+](C)(C)C)C(/C=C\CCCCCCCCCCCCC)OC(=O)CCCCCCCCCCCCCCC. The zero-order valence-corrected chi connectivity index (χ0v) is 51.4. The topological polar surface area (TPSA) is 114 Å². The monoisotopic (exact) mass is 1080 g/mol. The Labute approximate surface area is 466 Å². The number of esters is 1. The van der Waals surface area contributed by atoms with Gasteiger partial charge in [0.1, 0.15) is 19.3 Å². The molecule has 0 fully saturated rings. The van der Waals surface area contributed by atoms with Crippen molar-refractivity contribution in [2.75, 3.05) is 40.9 Å². The van der Waals surface area contributed by atoms with Gasteiger partial charge in [-0.25, -0.2) is 0 Å². The number of nitrogens with zero attached hydrogens (tertiary/aromatic N) is 1. The molecule has 0 radical (unpaired) electrons. The first-order chi connectivity index (χ1) is 36.4. The molecule has 0 saturated heterocycles. The fourth-order valence-electron chi connectivity index (χ4n) is 9.55. The molecule has 0 aromatic heterocycles. The molecule has 0 spiro atoms. The molecule has 1 N–H and O–H groups in total. The van der Waals surface area contributed by atoms with Crippen molar-refractivity contribution in [2.45, 2.75) is 328 Å². The molecule has 10 heteroatoms. The van der Waals surface area contributed by atoms with Gasteiger partial charge in [-0.2, -0.15) is 0 Å². The summed E-state index contributed by atoms with van der Waals surface area (Å²) in [6.07, 6.45) is 66.8. The van der Waals surface area contributed by atoms with Gasteiger partial charge in [0.2, 0.25) is 5.91 Å². The summed E-state index contributed by atoms with van der Waals surface area (Å²) < 4.78 is 30.3. The zero-order valence-electron chi connectivity index (χ0n) is 50.5. The van der Waals surface area contributed by atoms with Crippen LogP contribution in [0.4, 0.5) is 0 Å². The molecule has 3 atom stereocenters. The molecule has 1 amide bonds. The van der Waals surface area contributed by atoms with Crippen molar-refractivity contribution in [1.29, 1.82) is 0 Å². The van der Waals surface area contributed by atoms with Gasteiger partial charge in [-0.15, -0.1) is 0 Å². The fraction of sp³-hybridized carbons (Fsp3) is 0.877. The Morgan fingerprint density at radius 1 is 0.467 bits per heavy atom. The molecule has 0 aliphatic rings. The number of likely N-dealkylation sites (N-methyl/N-ethyl adjacent to an activating group) is 1. The summed E-state index contributed by atoms with van der Waals surface area (Å²) in [6.45, 7) is 6.86. The van der Waals surface area contributed by atoms with Gasteiger partial charge in [-0.05, 0) is 63.9 Å². The van der Waals surface area contributed by atoms with Crippen LogP contribution >= 0.6 is 7.82 Å². The summed E-state index contributed by atoms with van der Waals surface area (Å²) >= 11 is 0. The Morgan fingerprint density at radius 3 is 1.23 bits per heavy atom. The van der Waals surface area contributed by atoms with E-state index in [9.17, 15) is 19.0 Å². The lowest BCUT2D eigenvalue weighted by Crippen LogP contribution is -2.47. The number of nitrogens with one attached hydrogen (secondary N) is 1. The Balaban J connectivity index is 5.13. The van der Waals surface area contributed by atoms with Crippen LogP contribution in [0.3, 0.4) is 0 Å². The average molecular weight is 1080 g/mol. The molecule has 75 heavy (non-hydrogen) atoms. The number of phosphoric acid groups is 1. The van der Waals surface area contributed by atoms with Crippen LogP contribution < -0.4 is 10.2 Å². The highest BCUT2D eigenvalue weighted by Gasteiger charge is 2.27. The summed E-state index contributed by atoms with van der Waals surface area (Å²) in [6, 6.07) is -0.884. The Kier molecular flexibility index (Phi) is 54.2. The number of carbonyl (C=O) groups excluding carboxylic acids is 2. The molecule has 0 aliphatic carbocycles. The summed E-state index contributed by atoms with van der Waals surface area (Å²) in [5, 5.41) is 3.04. The van der Waals surface area contributed by atoms with Crippen molar-refractivity contribution in [3.8, 4) is 0 Å². The average Bonchev–Trinajstić information content (AvgIpc) is 3.37. The van der Waals surface area contributed by atoms with Crippen LogP contribution in [-0.4, -0.2) is 69.4 Å². The highest BCUT2D eigenvalue weighted by atomic mass is 31.2. The van der Waals surface area contributed by atoms with E-state index < -0.39 is 20.0 Å². The minimum atomic E-state index is -4.69. The smallest absolute Gasteiger partial charge is 0.306 e. The second kappa shape index (κ2) is 55.5. The number of ether oxygens (including phenoxy) is 1. The maximum absolute atomic E-state index is 13.5. The molecule has 0 aromatic rings. The molecule has 0 aliphatic heterocycles. The van der Waals surface area contributed by atoms with E-state index in [0.29, 0.717) is 17.4 Å². The highest BCUT2D eigenvalue weighted by molar-refractivity contribution is 7.45. The van der Waals surface area contributed by atoms with Gasteiger partial charge in [0.15, 0.2) is 0 Å². The van der Waals surface area contributed by atoms with Crippen LogP contribution in [0.1, 0.15) is 316 Å². The van der Waals surface area contributed by atoms with Crippen molar-refractivity contribution in [3.05, 3.63) is 36.5 Å². The van der Waals surface area contributed by atoms with Crippen molar-refractivity contribution < 1.29 is 37.3 Å².